The Hall–Kier alpha value is -1.33. The first kappa shape index (κ1) is 14.6. The van der Waals surface area contributed by atoms with E-state index in [-0.39, 0.29) is 0 Å². The number of nitrogens with one attached hydrogen (secondary N) is 1. The number of hydrogen-bond acceptors (Lipinski definition) is 5. The summed E-state index contributed by atoms with van der Waals surface area (Å²) in [6.07, 6.45) is 6.99. The smallest absolute Gasteiger partial charge is 0.183 e. The highest BCUT2D eigenvalue weighted by Crippen LogP contribution is 2.33. The standard InChI is InChI=1S/C16H25N3O2/c1-20-15-7-9-18-14(16(15)21-2)11-19(13-5-6-13)10-12-4-3-8-17-12/h7,9,12-13,17H,3-6,8,10-11H2,1-2H3. The van der Waals surface area contributed by atoms with E-state index in [2.05, 4.69) is 15.2 Å². The molecule has 21 heavy (non-hydrogen) atoms. The van der Waals surface area contributed by atoms with Crippen LogP contribution in [0.3, 0.4) is 0 Å². The van der Waals surface area contributed by atoms with Crippen LogP contribution >= 0.6 is 0 Å². The van der Waals surface area contributed by atoms with Crippen molar-refractivity contribution < 1.29 is 9.47 Å². The highest BCUT2D eigenvalue weighted by molar-refractivity contribution is 5.42. The predicted molar refractivity (Wildman–Crippen MR) is 81.8 cm³/mol. The Bertz CT molecular complexity index is 471. The van der Waals surface area contributed by atoms with Gasteiger partial charge in [0.2, 0.25) is 0 Å². The van der Waals surface area contributed by atoms with E-state index in [1.54, 1.807) is 20.4 Å². The topological polar surface area (TPSA) is 46.6 Å². The fourth-order valence-electron chi connectivity index (χ4n) is 3.13. The van der Waals surface area contributed by atoms with Gasteiger partial charge in [0.1, 0.15) is 5.69 Å². The quantitative estimate of drug-likeness (QED) is 0.830. The van der Waals surface area contributed by atoms with Crippen LogP contribution in [0, 0.1) is 0 Å². The molecule has 0 amide bonds. The van der Waals surface area contributed by atoms with Crippen LogP contribution in [0.2, 0.25) is 0 Å². The molecule has 0 radical (unpaired) electrons. The van der Waals surface area contributed by atoms with Gasteiger partial charge in [-0.1, -0.05) is 0 Å². The minimum Gasteiger partial charge on any atom is -0.493 e. The fraction of sp³-hybridized carbons (Fsp3) is 0.688. The van der Waals surface area contributed by atoms with Gasteiger partial charge in [0.25, 0.3) is 0 Å². The minimum absolute atomic E-state index is 0.627. The van der Waals surface area contributed by atoms with E-state index in [0.29, 0.717) is 12.1 Å². The summed E-state index contributed by atoms with van der Waals surface area (Å²) >= 11 is 0. The number of aromatic nitrogens is 1. The molecule has 1 aliphatic heterocycles. The summed E-state index contributed by atoms with van der Waals surface area (Å²) in [4.78, 5) is 7.06. The summed E-state index contributed by atoms with van der Waals surface area (Å²) in [7, 11) is 3.35. The number of hydrogen-bond donors (Lipinski definition) is 1. The molecular formula is C16H25N3O2. The molecule has 0 spiro atoms. The lowest BCUT2D eigenvalue weighted by atomic mass is 10.2. The molecule has 5 nitrogen and oxygen atoms in total. The van der Waals surface area contributed by atoms with E-state index in [9.17, 15) is 0 Å². The maximum Gasteiger partial charge on any atom is 0.183 e. The van der Waals surface area contributed by atoms with Crippen molar-refractivity contribution in [1.82, 2.24) is 15.2 Å². The highest BCUT2D eigenvalue weighted by Gasteiger charge is 2.32. The molecule has 3 rings (SSSR count). The molecule has 1 unspecified atom stereocenters. The average molecular weight is 291 g/mol. The Balaban J connectivity index is 1.73. The lowest BCUT2D eigenvalue weighted by molar-refractivity contribution is 0.224. The van der Waals surface area contributed by atoms with Crippen molar-refractivity contribution in [1.29, 1.82) is 0 Å². The summed E-state index contributed by atoms with van der Waals surface area (Å²) in [5.74, 6) is 1.53. The zero-order valence-corrected chi connectivity index (χ0v) is 13.0. The van der Waals surface area contributed by atoms with Crippen LogP contribution in [0.5, 0.6) is 11.5 Å². The minimum atomic E-state index is 0.627. The van der Waals surface area contributed by atoms with E-state index in [4.69, 9.17) is 9.47 Å². The number of pyridine rings is 1. The lowest BCUT2D eigenvalue weighted by Gasteiger charge is -2.26. The summed E-state index contributed by atoms with van der Waals surface area (Å²) in [5, 5.41) is 3.59. The molecule has 116 valence electrons. The molecule has 5 heteroatoms. The lowest BCUT2D eigenvalue weighted by Crippen LogP contribution is -2.38. The third-order valence-electron chi connectivity index (χ3n) is 4.40. The Morgan fingerprint density at radius 1 is 1.29 bits per heavy atom. The van der Waals surface area contributed by atoms with Crippen molar-refractivity contribution in [2.24, 2.45) is 0 Å². The second-order valence-corrected chi connectivity index (χ2v) is 5.95. The summed E-state index contributed by atoms with van der Waals surface area (Å²) < 4.78 is 10.9. The normalized spacial score (nSPS) is 21.8. The Morgan fingerprint density at radius 2 is 2.14 bits per heavy atom. The van der Waals surface area contributed by atoms with E-state index in [1.165, 1.54) is 25.7 Å². The Morgan fingerprint density at radius 3 is 2.76 bits per heavy atom. The second kappa shape index (κ2) is 6.62. The van der Waals surface area contributed by atoms with Crippen molar-refractivity contribution in [3.63, 3.8) is 0 Å². The molecule has 2 fully saturated rings. The van der Waals surface area contributed by atoms with Crippen LogP contribution in [0.4, 0.5) is 0 Å². The zero-order chi connectivity index (χ0) is 14.7. The number of ether oxygens (including phenoxy) is 2. The van der Waals surface area contributed by atoms with Crippen molar-refractivity contribution >= 4 is 0 Å². The number of methoxy groups -OCH3 is 2. The molecule has 0 bridgehead atoms. The van der Waals surface area contributed by atoms with Crippen molar-refractivity contribution in [2.45, 2.75) is 44.3 Å². The monoisotopic (exact) mass is 291 g/mol. The highest BCUT2D eigenvalue weighted by atomic mass is 16.5. The Kier molecular flexibility index (Phi) is 4.60. The molecule has 2 heterocycles. The van der Waals surface area contributed by atoms with E-state index < -0.39 is 0 Å². The molecule has 1 aromatic rings. The van der Waals surface area contributed by atoms with Gasteiger partial charge in [-0.3, -0.25) is 9.88 Å². The maximum absolute atomic E-state index is 5.51. The number of rotatable bonds is 7. The molecule has 1 saturated heterocycles. The van der Waals surface area contributed by atoms with Gasteiger partial charge in [-0.05, 0) is 32.2 Å². The molecular weight excluding hydrogens is 266 g/mol. The summed E-state index contributed by atoms with van der Waals surface area (Å²) in [6.45, 7) is 3.10. The predicted octanol–water partition coefficient (Wildman–Crippen LogP) is 1.82. The fourth-order valence-corrected chi connectivity index (χ4v) is 3.13. The third kappa shape index (κ3) is 3.47. The van der Waals surface area contributed by atoms with E-state index in [1.807, 2.05) is 6.07 Å². The number of nitrogens with zero attached hydrogens (tertiary/aromatic N) is 2. The zero-order valence-electron chi connectivity index (χ0n) is 13.0. The second-order valence-electron chi connectivity index (χ2n) is 5.95. The van der Waals surface area contributed by atoms with Crippen LogP contribution in [0.1, 0.15) is 31.4 Å². The van der Waals surface area contributed by atoms with Gasteiger partial charge in [0.15, 0.2) is 11.5 Å². The van der Waals surface area contributed by atoms with Gasteiger partial charge in [-0.15, -0.1) is 0 Å². The van der Waals surface area contributed by atoms with Gasteiger partial charge >= 0.3 is 0 Å². The van der Waals surface area contributed by atoms with Crippen molar-refractivity contribution in [3.05, 3.63) is 18.0 Å². The van der Waals surface area contributed by atoms with Gasteiger partial charge in [-0.2, -0.15) is 0 Å². The first-order chi connectivity index (χ1) is 10.3. The third-order valence-corrected chi connectivity index (χ3v) is 4.40. The average Bonchev–Trinajstić information content (AvgIpc) is 3.24. The molecule has 1 atom stereocenters. The largest absolute Gasteiger partial charge is 0.493 e. The van der Waals surface area contributed by atoms with Crippen LogP contribution < -0.4 is 14.8 Å². The SMILES string of the molecule is COc1ccnc(CN(CC2CCCN2)C2CC2)c1OC. The van der Waals surface area contributed by atoms with Gasteiger partial charge in [0, 0.05) is 37.4 Å². The molecule has 1 saturated carbocycles. The van der Waals surface area contributed by atoms with Gasteiger partial charge in [0.05, 0.1) is 14.2 Å². The molecule has 1 aromatic heterocycles. The molecule has 0 aromatic carbocycles. The van der Waals surface area contributed by atoms with Crippen molar-refractivity contribution in [3.8, 4) is 11.5 Å². The first-order valence-corrected chi connectivity index (χ1v) is 7.85. The van der Waals surface area contributed by atoms with Crippen LogP contribution in [-0.4, -0.2) is 49.3 Å². The van der Waals surface area contributed by atoms with Crippen LogP contribution in [0.25, 0.3) is 0 Å². The van der Waals surface area contributed by atoms with Crippen molar-refractivity contribution in [2.75, 3.05) is 27.3 Å². The first-order valence-electron chi connectivity index (χ1n) is 7.85. The molecule has 2 aliphatic rings. The molecule has 1 N–H and O–H groups in total. The van der Waals surface area contributed by atoms with E-state index >= 15 is 0 Å². The maximum atomic E-state index is 5.51. The van der Waals surface area contributed by atoms with E-state index in [0.717, 1.165) is 36.8 Å². The summed E-state index contributed by atoms with van der Waals surface area (Å²) in [6, 6.07) is 3.19. The summed E-state index contributed by atoms with van der Waals surface area (Å²) in [5.41, 5.74) is 0.974. The molecule has 1 aliphatic carbocycles. The Labute approximate surface area is 126 Å². The van der Waals surface area contributed by atoms with Crippen LogP contribution in [0.15, 0.2) is 12.3 Å². The van der Waals surface area contributed by atoms with Gasteiger partial charge < -0.3 is 14.8 Å². The van der Waals surface area contributed by atoms with Gasteiger partial charge in [-0.25, -0.2) is 0 Å². The van der Waals surface area contributed by atoms with Crippen LogP contribution in [-0.2, 0) is 6.54 Å².